The number of piperidine rings is 1. The maximum atomic E-state index is 12.9. The Morgan fingerprint density at radius 2 is 1.83 bits per heavy atom. The van der Waals surface area contributed by atoms with E-state index in [-0.39, 0.29) is 0 Å². The van der Waals surface area contributed by atoms with E-state index in [0.29, 0.717) is 37.1 Å². The molecule has 0 unspecified atom stereocenters. The summed E-state index contributed by atoms with van der Waals surface area (Å²) in [5, 5.41) is 2.00. The van der Waals surface area contributed by atoms with Crippen molar-refractivity contribution >= 4 is 20.8 Å². The summed E-state index contributed by atoms with van der Waals surface area (Å²) in [5.41, 5.74) is 0. The third-order valence-electron chi connectivity index (χ3n) is 4.52. The van der Waals surface area contributed by atoms with Crippen molar-refractivity contribution in [1.82, 2.24) is 4.31 Å². The second-order valence-electron chi connectivity index (χ2n) is 6.18. The van der Waals surface area contributed by atoms with Crippen LogP contribution in [0.3, 0.4) is 0 Å². The van der Waals surface area contributed by atoms with E-state index >= 15 is 0 Å². The van der Waals surface area contributed by atoms with Gasteiger partial charge in [0.1, 0.15) is 0 Å². The number of nitrogens with zero attached hydrogens (tertiary/aromatic N) is 1. The second kappa shape index (κ2) is 7.47. The Morgan fingerprint density at radius 3 is 2.54 bits per heavy atom. The molecule has 1 heterocycles. The molecule has 0 atom stereocenters. The van der Waals surface area contributed by atoms with Gasteiger partial charge in [-0.05, 0) is 41.7 Å². The third-order valence-corrected chi connectivity index (χ3v) is 6.42. The molecule has 2 aromatic rings. The van der Waals surface area contributed by atoms with Crippen molar-refractivity contribution < 1.29 is 13.2 Å². The van der Waals surface area contributed by atoms with Gasteiger partial charge in [0, 0.05) is 19.7 Å². The summed E-state index contributed by atoms with van der Waals surface area (Å²) in [4.78, 5) is 0.377. The molecule has 0 amide bonds. The zero-order chi connectivity index (χ0) is 17.0. The Morgan fingerprint density at radius 1 is 1.12 bits per heavy atom. The van der Waals surface area contributed by atoms with Gasteiger partial charge in [-0.25, -0.2) is 8.42 Å². The molecular weight excluding hydrogens is 322 g/mol. The lowest BCUT2D eigenvalue weighted by Crippen LogP contribution is -2.39. The summed E-state index contributed by atoms with van der Waals surface area (Å²) in [5.74, 6) is 0.424. The van der Waals surface area contributed by atoms with Crippen LogP contribution < -0.4 is 0 Å². The molecule has 2 aromatic carbocycles. The Labute approximate surface area is 143 Å². The van der Waals surface area contributed by atoms with E-state index in [1.165, 1.54) is 0 Å². The van der Waals surface area contributed by atoms with Crippen LogP contribution in [-0.2, 0) is 14.8 Å². The van der Waals surface area contributed by atoms with Crippen LogP contribution in [0.2, 0.25) is 0 Å². The van der Waals surface area contributed by atoms with Crippen LogP contribution in [0.1, 0.15) is 12.8 Å². The molecule has 5 heteroatoms. The van der Waals surface area contributed by atoms with Gasteiger partial charge in [0.15, 0.2) is 0 Å². The molecule has 0 aliphatic carbocycles. The zero-order valence-electron chi connectivity index (χ0n) is 13.7. The molecule has 0 saturated carbocycles. The number of hydrogen-bond donors (Lipinski definition) is 0. The van der Waals surface area contributed by atoms with Crippen molar-refractivity contribution in [2.24, 2.45) is 5.92 Å². The van der Waals surface area contributed by atoms with Gasteiger partial charge < -0.3 is 4.74 Å². The monoisotopic (exact) mass is 345 g/mol. The topological polar surface area (TPSA) is 46.6 Å². The Bertz CT molecular complexity index is 808. The van der Waals surface area contributed by atoms with Crippen molar-refractivity contribution in [2.45, 2.75) is 17.7 Å². The predicted molar refractivity (Wildman–Crippen MR) is 96.4 cm³/mol. The van der Waals surface area contributed by atoms with Crippen molar-refractivity contribution in [3.63, 3.8) is 0 Å². The molecule has 24 heavy (non-hydrogen) atoms. The van der Waals surface area contributed by atoms with Gasteiger partial charge in [0.25, 0.3) is 0 Å². The van der Waals surface area contributed by atoms with E-state index in [1.54, 1.807) is 22.5 Å². The van der Waals surface area contributed by atoms with Gasteiger partial charge in [0.05, 0.1) is 11.5 Å². The van der Waals surface area contributed by atoms with Crippen LogP contribution in [0.4, 0.5) is 0 Å². The maximum absolute atomic E-state index is 12.9. The third kappa shape index (κ3) is 3.69. The summed E-state index contributed by atoms with van der Waals surface area (Å²) in [7, 11) is -3.43. The highest BCUT2D eigenvalue weighted by Crippen LogP contribution is 2.26. The lowest BCUT2D eigenvalue weighted by molar-refractivity contribution is 0.0982. The molecule has 4 nitrogen and oxygen atoms in total. The first-order chi connectivity index (χ1) is 11.6. The summed E-state index contributed by atoms with van der Waals surface area (Å²) < 4.78 is 32.8. The number of rotatable bonds is 6. The van der Waals surface area contributed by atoms with E-state index < -0.39 is 10.0 Å². The fraction of sp³-hybridized carbons (Fsp3) is 0.368. The summed E-state index contributed by atoms with van der Waals surface area (Å²) >= 11 is 0. The minimum Gasteiger partial charge on any atom is -0.377 e. The standard InChI is InChI=1S/C19H23NO3S/c1-2-13-23-15-16-9-11-20(12-10-16)24(21,22)19-8-7-17-5-3-4-6-18(17)14-19/h2-8,14,16H,1,9-13,15H2. The van der Waals surface area contributed by atoms with Crippen molar-refractivity contribution in [1.29, 1.82) is 0 Å². The lowest BCUT2D eigenvalue weighted by atomic mass is 9.99. The molecule has 1 aliphatic rings. The van der Waals surface area contributed by atoms with Gasteiger partial charge in [-0.1, -0.05) is 36.4 Å². The summed E-state index contributed by atoms with van der Waals surface area (Å²) in [6.45, 7) is 5.96. The van der Waals surface area contributed by atoms with E-state index in [4.69, 9.17) is 4.74 Å². The smallest absolute Gasteiger partial charge is 0.243 e. The van der Waals surface area contributed by atoms with Crippen LogP contribution in [0.25, 0.3) is 10.8 Å². The van der Waals surface area contributed by atoms with Crippen molar-refractivity contribution in [2.75, 3.05) is 26.3 Å². The second-order valence-corrected chi connectivity index (χ2v) is 8.12. The van der Waals surface area contributed by atoms with Gasteiger partial charge in [-0.2, -0.15) is 4.31 Å². The van der Waals surface area contributed by atoms with E-state index in [0.717, 1.165) is 23.6 Å². The highest BCUT2D eigenvalue weighted by atomic mass is 32.2. The Kier molecular flexibility index (Phi) is 5.33. The fourth-order valence-electron chi connectivity index (χ4n) is 3.11. The van der Waals surface area contributed by atoms with Crippen molar-refractivity contribution in [3.05, 3.63) is 55.1 Å². The average Bonchev–Trinajstić information content (AvgIpc) is 2.62. The number of benzene rings is 2. The zero-order valence-corrected chi connectivity index (χ0v) is 14.5. The highest BCUT2D eigenvalue weighted by Gasteiger charge is 2.29. The van der Waals surface area contributed by atoms with Crippen LogP contribution in [0.5, 0.6) is 0 Å². The minimum atomic E-state index is -3.43. The first kappa shape index (κ1) is 17.1. The molecule has 0 bridgehead atoms. The number of hydrogen-bond acceptors (Lipinski definition) is 3. The number of ether oxygens (including phenoxy) is 1. The summed E-state index contributed by atoms with van der Waals surface area (Å²) in [6.07, 6.45) is 3.41. The van der Waals surface area contributed by atoms with E-state index in [2.05, 4.69) is 6.58 Å². The summed E-state index contributed by atoms with van der Waals surface area (Å²) in [6, 6.07) is 13.2. The normalized spacial score (nSPS) is 17.2. The molecule has 1 fully saturated rings. The van der Waals surface area contributed by atoms with Gasteiger partial charge in [-0.3, -0.25) is 0 Å². The number of fused-ring (bicyclic) bond motifs is 1. The molecule has 3 rings (SSSR count). The molecule has 0 radical (unpaired) electrons. The maximum Gasteiger partial charge on any atom is 0.243 e. The van der Waals surface area contributed by atoms with Crippen molar-refractivity contribution in [3.8, 4) is 0 Å². The molecule has 0 spiro atoms. The van der Waals surface area contributed by atoms with Crippen LogP contribution >= 0.6 is 0 Å². The molecule has 0 N–H and O–H groups in total. The predicted octanol–water partition coefficient (Wildman–Crippen LogP) is 3.44. The van der Waals surface area contributed by atoms with Gasteiger partial charge >= 0.3 is 0 Å². The minimum absolute atomic E-state index is 0.377. The largest absolute Gasteiger partial charge is 0.377 e. The number of sulfonamides is 1. The van der Waals surface area contributed by atoms with E-state index in [1.807, 2.05) is 30.3 Å². The molecule has 1 aliphatic heterocycles. The van der Waals surface area contributed by atoms with Crippen LogP contribution in [0.15, 0.2) is 60.0 Å². The Balaban J connectivity index is 1.70. The quantitative estimate of drug-likeness (QED) is 0.595. The van der Waals surface area contributed by atoms with E-state index in [9.17, 15) is 8.42 Å². The molecule has 128 valence electrons. The first-order valence-corrected chi connectivity index (χ1v) is 9.73. The highest BCUT2D eigenvalue weighted by molar-refractivity contribution is 7.89. The average molecular weight is 345 g/mol. The fourth-order valence-corrected chi connectivity index (χ4v) is 4.62. The SMILES string of the molecule is C=CCOCC1CCN(S(=O)(=O)c2ccc3ccccc3c2)CC1. The van der Waals surface area contributed by atoms with Gasteiger partial charge in [-0.15, -0.1) is 6.58 Å². The first-order valence-electron chi connectivity index (χ1n) is 8.29. The molecule has 1 saturated heterocycles. The van der Waals surface area contributed by atoms with Crippen LogP contribution in [0, 0.1) is 5.92 Å². The van der Waals surface area contributed by atoms with Crippen LogP contribution in [-0.4, -0.2) is 39.0 Å². The lowest BCUT2D eigenvalue weighted by Gasteiger charge is -2.31. The molecule has 0 aromatic heterocycles. The van der Waals surface area contributed by atoms with Gasteiger partial charge in [0.2, 0.25) is 10.0 Å². The Hall–Kier alpha value is -1.69. The molecular formula is C19H23NO3S.